The molecule has 1 aromatic carbocycles. The highest BCUT2D eigenvalue weighted by Gasteiger charge is 2.15. The van der Waals surface area contributed by atoms with E-state index in [0.717, 1.165) is 22.5 Å². The van der Waals surface area contributed by atoms with Crippen LogP contribution in [0.3, 0.4) is 0 Å². The highest BCUT2D eigenvalue weighted by Crippen LogP contribution is 2.33. The van der Waals surface area contributed by atoms with Crippen molar-refractivity contribution in [3.63, 3.8) is 0 Å². The first-order chi connectivity index (χ1) is 15.7. The van der Waals surface area contributed by atoms with Gasteiger partial charge in [-0.25, -0.2) is 4.98 Å². The van der Waals surface area contributed by atoms with Crippen LogP contribution in [0.15, 0.2) is 58.3 Å². The van der Waals surface area contributed by atoms with Crippen LogP contribution < -0.4 is 10.9 Å². The van der Waals surface area contributed by atoms with E-state index in [-0.39, 0.29) is 18.0 Å². The van der Waals surface area contributed by atoms with Crippen LogP contribution in [0.5, 0.6) is 0 Å². The number of thiophene rings is 2. The van der Waals surface area contributed by atoms with Crippen LogP contribution in [0, 0.1) is 0 Å². The summed E-state index contributed by atoms with van der Waals surface area (Å²) in [5, 5.41) is 7.45. The summed E-state index contributed by atoms with van der Waals surface area (Å²) in [4.78, 5) is 34.2. The Morgan fingerprint density at radius 3 is 2.59 bits per heavy atom. The summed E-state index contributed by atoms with van der Waals surface area (Å²) in [5.41, 5.74) is 3.05. The lowest BCUT2D eigenvalue weighted by Crippen LogP contribution is -2.32. The topological polar surface area (TPSA) is 67.2 Å². The molecule has 6 nitrogen and oxygen atoms in total. The van der Waals surface area contributed by atoms with E-state index in [0.29, 0.717) is 16.8 Å². The van der Waals surface area contributed by atoms with E-state index in [2.05, 4.69) is 39.5 Å². The van der Waals surface area contributed by atoms with Gasteiger partial charge in [-0.3, -0.25) is 19.1 Å². The first-order valence-corrected chi connectivity index (χ1v) is 12.5. The zero-order valence-electron chi connectivity index (χ0n) is 17.6. The third-order valence-electron chi connectivity index (χ3n) is 5.78. The van der Waals surface area contributed by atoms with Crippen molar-refractivity contribution in [3.8, 4) is 10.4 Å². The van der Waals surface area contributed by atoms with Gasteiger partial charge < -0.3 is 5.32 Å². The van der Waals surface area contributed by atoms with Gasteiger partial charge >= 0.3 is 0 Å². The minimum absolute atomic E-state index is 0.0471. The molecule has 4 aromatic rings. The number of carbonyl (C=O) groups excluding carboxylic acids is 1. The molecule has 0 bridgehead atoms. The fourth-order valence-electron chi connectivity index (χ4n) is 4.07. The van der Waals surface area contributed by atoms with Crippen molar-refractivity contribution in [3.05, 3.63) is 75.0 Å². The van der Waals surface area contributed by atoms with Crippen molar-refractivity contribution in [1.82, 2.24) is 19.8 Å². The fraction of sp³-hybridized carbons (Fsp3) is 0.292. The normalized spacial score (nSPS) is 14.2. The smallest absolute Gasteiger partial charge is 0.263 e. The standard InChI is InChI=1S/C24H24N4O2S2/c29-21(25-12-17-5-7-18(8-6-17)13-27-9-1-2-10-27)14-28-16-26-23-22(24(28)30)19(15-32-23)20-4-3-11-31-20/h3-8,11,15-16H,1-2,9-10,12-14H2,(H,25,29). The van der Waals surface area contributed by atoms with Crippen molar-refractivity contribution in [2.45, 2.75) is 32.5 Å². The molecule has 0 aliphatic carbocycles. The number of aromatic nitrogens is 2. The Hall–Kier alpha value is -2.81. The molecular formula is C24H24N4O2S2. The zero-order chi connectivity index (χ0) is 21.9. The molecule has 0 unspecified atom stereocenters. The van der Waals surface area contributed by atoms with Crippen LogP contribution in [0.4, 0.5) is 0 Å². The lowest BCUT2D eigenvalue weighted by molar-refractivity contribution is -0.121. The number of likely N-dealkylation sites (tertiary alicyclic amines) is 1. The van der Waals surface area contributed by atoms with Crippen molar-refractivity contribution < 1.29 is 4.79 Å². The molecule has 4 heterocycles. The molecule has 1 amide bonds. The van der Waals surface area contributed by atoms with Gasteiger partial charge in [-0.2, -0.15) is 0 Å². The van der Waals surface area contributed by atoms with Gasteiger partial charge in [-0.1, -0.05) is 30.3 Å². The van der Waals surface area contributed by atoms with E-state index < -0.39 is 0 Å². The quantitative estimate of drug-likeness (QED) is 0.447. The lowest BCUT2D eigenvalue weighted by Gasteiger charge is -2.14. The molecule has 1 aliphatic heterocycles. The van der Waals surface area contributed by atoms with Crippen LogP contribution in [0.1, 0.15) is 24.0 Å². The molecule has 1 aliphatic rings. The molecule has 3 aromatic heterocycles. The number of benzene rings is 1. The number of nitrogens with zero attached hydrogens (tertiary/aromatic N) is 3. The van der Waals surface area contributed by atoms with Crippen molar-refractivity contribution >= 4 is 38.8 Å². The number of hydrogen-bond donors (Lipinski definition) is 1. The van der Waals surface area contributed by atoms with E-state index in [4.69, 9.17) is 0 Å². The largest absolute Gasteiger partial charge is 0.350 e. The molecule has 32 heavy (non-hydrogen) atoms. The minimum atomic E-state index is -0.206. The van der Waals surface area contributed by atoms with Gasteiger partial charge in [0.2, 0.25) is 5.91 Å². The van der Waals surface area contributed by atoms with Gasteiger partial charge in [-0.05, 0) is 48.5 Å². The van der Waals surface area contributed by atoms with Crippen LogP contribution in [0.2, 0.25) is 0 Å². The number of rotatable bonds is 7. The third-order valence-corrected chi connectivity index (χ3v) is 7.57. The van der Waals surface area contributed by atoms with Crippen LogP contribution in [-0.2, 0) is 24.4 Å². The molecule has 0 radical (unpaired) electrons. The SMILES string of the molecule is O=C(Cn1cnc2scc(-c3cccs3)c2c1=O)NCc1ccc(CN2CCCC2)cc1. The van der Waals surface area contributed by atoms with Crippen LogP contribution in [0.25, 0.3) is 20.7 Å². The van der Waals surface area contributed by atoms with E-state index in [1.165, 1.54) is 53.7 Å². The van der Waals surface area contributed by atoms with E-state index in [1.807, 2.05) is 22.9 Å². The van der Waals surface area contributed by atoms with Gasteiger partial charge in [0.15, 0.2) is 0 Å². The summed E-state index contributed by atoms with van der Waals surface area (Å²) in [6, 6.07) is 12.3. The van der Waals surface area contributed by atoms with Gasteiger partial charge in [0.25, 0.3) is 5.56 Å². The third kappa shape index (κ3) is 4.53. The van der Waals surface area contributed by atoms with Gasteiger partial charge in [-0.15, -0.1) is 22.7 Å². The summed E-state index contributed by atoms with van der Waals surface area (Å²) < 4.78 is 1.39. The molecular weight excluding hydrogens is 440 g/mol. The highest BCUT2D eigenvalue weighted by molar-refractivity contribution is 7.18. The molecule has 1 fully saturated rings. The molecule has 1 saturated heterocycles. The maximum Gasteiger partial charge on any atom is 0.263 e. The average molecular weight is 465 g/mol. The Kier molecular flexibility index (Phi) is 6.16. The molecule has 0 spiro atoms. The van der Waals surface area contributed by atoms with Crippen molar-refractivity contribution in [1.29, 1.82) is 0 Å². The Morgan fingerprint density at radius 1 is 1.06 bits per heavy atom. The van der Waals surface area contributed by atoms with Crippen LogP contribution >= 0.6 is 22.7 Å². The van der Waals surface area contributed by atoms with Gasteiger partial charge in [0.1, 0.15) is 11.4 Å². The summed E-state index contributed by atoms with van der Waals surface area (Å²) in [6.07, 6.45) is 4.04. The molecule has 0 saturated carbocycles. The second-order valence-corrected chi connectivity index (χ2v) is 9.87. The van der Waals surface area contributed by atoms with E-state index >= 15 is 0 Å². The highest BCUT2D eigenvalue weighted by atomic mass is 32.1. The number of fused-ring (bicyclic) bond motifs is 1. The second kappa shape index (κ2) is 9.36. The predicted octanol–water partition coefficient (Wildman–Crippen LogP) is 4.10. The van der Waals surface area contributed by atoms with E-state index in [1.54, 1.807) is 11.3 Å². The molecule has 8 heteroatoms. The van der Waals surface area contributed by atoms with Crippen molar-refractivity contribution in [2.24, 2.45) is 0 Å². The first-order valence-electron chi connectivity index (χ1n) is 10.7. The molecule has 164 valence electrons. The van der Waals surface area contributed by atoms with E-state index in [9.17, 15) is 9.59 Å². The maximum atomic E-state index is 13.0. The minimum Gasteiger partial charge on any atom is -0.350 e. The molecule has 5 rings (SSSR count). The number of nitrogens with one attached hydrogen (secondary N) is 1. The zero-order valence-corrected chi connectivity index (χ0v) is 19.3. The first kappa shape index (κ1) is 21.1. The Morgan fingerprint density at radius 2 is 1.84 bits per heavy atom. The number of amides is 1. The van der Waals surface area contributed by atoms with Crippen molar-refractivity contribution in [2.75, 3.05) is 13.1 Å². The maximum absolute atomic E-state index is 13.0. The monoisotopic (exact) mass is 464 g/mol. The van der Waals surface area contributed by atoms with Gasteiger partial charge in [0, 0.05) is 28.9 Å². The average Bonchev–Trinajstić information content (AvgIpc) is 3.57. The van der Waals surface area contributed by atoms with Crippen LogP contribution in [-0.4, -0.2) is 33.4 Å². The lowest BCUT2D eigenvalue weighted by atomic mass is 10.1. The summed E-state index contributed by atoms with van der Waals surface area (Å²) in [5.74, 6) is -0.206. The molecule has 1 N–H and O–H groups in total. The Bertz CT molecular complexity index is 1270. The number of carbonyl (C=O) groups is 1. The summed E-state index contributed by atoms with van der Waals surface area (Å²) >= 11 is 3.04. The fourth-order valence-corrected chi connectivity index (χ4v) is 5.79. The Labute approximate surface area is 194 Å². The Balaban J connectivity index is 1.23. The second-order valence-electron chi connectivity index (χ2n) is 8.06. The van der Waals surface area contributed by atoms with Gasteiger partial charge in [0.05, 0.1) is 11.7 Å². The number of hydrogen-bond acceptors (Lipinski definition) is 6. The predicted molar refractivity (Wildman–Crippen MR) is 130 cm³/mol. The molecule has 0 atom stereocenters. The summed E-state index contributed by atoms with van der Waals surface area (Å²) in [6.45, 7) is 3.73. The summed E-state index contributed by atoms with van der Waals surface area (Å²) in [7, 11) is 0.